The molecule has 0 aromatic heterocycles. The number of ether oxygens (including phenoxy) is 1. The third-order valence-corrected chi connectivity index (χ3v) is 2.87. The minimum atomic E-state index is -0.0445. The normalized spacial score (nSPS) is 9.90. The zero-order chi connectivity index (χ0) is 14.8. The number of hydrogen-bond donors (Lipinski definition) is 2. The predicted molar refractivity (Wildman–Crippen MR) is 86.1 cm³/mol. The number of carbonyl (C=O) groups excluding carboxylic acids is 1. The molecule has 0 aliphatic heterocycles. The highest BCUT2D eigenvalue weighted by molar-refractivity contribution is 7.80. The molecule has 0 aliphatic rings. The van der Waals surface area contributed by atoms with Gasteiger partial charge in [0.2, 0.25) is 5.91 Å². The third-order valence-electron chi connectivity index (χ3n) is 2.66. The van der Waals surface area contributed by atoms with E-state index in [1.54, 1.807) is 0 Å². The van der Waals surface area contributed by atoms with Crippen LogP contribution >= 0.6 is 12.2 Å². The third kappa shape index (κ3) is 6.52. The highest BCUT2D eigenvalue weighted by Crippen LogP contribution is 2.17. The lowest BCUT2D eigenvalue weighted by molar-refractivity contribution is -0.119. The maximum absolute atomic E-state index is 11.6. The second kappa shape index (κ2) is 9.31. The Balaban J connectivity index is 2.41. The average Bonchev–Trinajstić information content (AvgIpc) is 2.39. The van der Waals surface area contributed by atoms with Gasteiger partial charge < -0.3 is 15.4 Å². The molecule has 0 heterocycles. The molecule has 0 saturated heterocycles. The summed E-state index contributed by atoms with van der Waals surface area (Å²) in [6.07, 6.45) is 3.56. The summed E-state index contributed by atoms with van der Waals surface area (Å²) >= 11 is 5.12. The van der Waals surface area contributed by atoms with E-state index in [-0.39, 0.29) is 5.91 Å². The van der Waals surface area contributed by atoms with Gasteiger partial charge in [-0.1, -0.05) is 25.8 Å². The van der Waals surface area contributed by atoms with Crippen molar-refractivity contribution < 1.29 is 9.53 Å². The van der Waals surface area contributed by atoms with Crippen molar-refractivity contribution in [1.29, 1.82) is 0 Å². The first-order valence-corrected chi connectivity index (χ1v) is 7.40. The van der Waals surface area contributed by atoms with Crippen LogP contribution in [0.5, 0.6) is 5.75 Å². The number of benzene rings is 1. The van der Waals surface area contributed by atoms with E-state index < -0.39 is 0 Å². The Morgan fingerprint density at radius 3 is 2.80 bits per heavy atom. The summed E-state index contributed by atoms with van der Waals surface area (Å²) < 4.78 is 5.40. The van der Waals surface area contributed by atoms with Crippen molar-refractivity contribution in [2.24, 2.45) is 0 Å². The minimum absolute atomic E-state index is 0.0445. The zero-order valence-corrected chi connectivity index (χ0v) is 12.9. The van der Waals surface area contributed by atoms with Gasteiger partial charge in [0.05, 0.1) is 6.61 Å². The van der Waals surface area contributed by atoms with Crippen LogP contribution in [-0.2, 0) is 4.79 Å². The molecule has 1 aromatic rings. The number of amides is 1. The van der Waals surface area contributed by atoms with E-state index in [0.717, 1.165) is 30.7 Å². The summed E-state index contributed by atoms with van der Waals surface area (Å²) in [6, 6.07) is 7.47. The van der Waals surface area contributed by atoms with E-state index in [0.29, 0.717) is 18.1 Å². The van der Waals surface area contributed by atoms with Gasteiger partial charge in [-0.2, -0.15) is 0 Å². The fourth-order valence-electron chi connectivity index (χ4n) is 1.72. The van der Waals surface area contributed by atoms with Gasteiger partial charge in [-0.05, 0) is 37.7 Å². The van der Waals surface area contributed by atoms with Crippen molar-refractivity contribution in [3.63, 3.8) is 0 Å². The summed E-state index contributed by atoms with van der Waals surface area (Å²) in [5.74, 6) is 0.728. The Morgan fingerprint density at radius 1 is 1.30 bits per heavy atom. The smallest absolute Gasteiger partial charge is 0.226 e. The van der Waals surface area contributed by atoms with Crippen LogP contribution in [0.2, 0.25) is 0 Å². The van der Waals surface area contributed by atoms with Crippen LogP contribution in [0.3, 0.4) is 0 Å². The molecular formula is C15H22N2O2S. The van der Waals surface area contributed by atoms with E-state index in [1.165, 1.54) is 0 Å². The zero-order valence-electron chi connectivity index (χ0n) is 12.1. The predicted octanol–water partition coefficient (Wildman–Crippen LogP) is 3.48. The van der Waals surface area contributed by atoms with Crippen LogP contribution in [0.25, 0.3) is 0 Å². The molecule has 1 aromatic carbocycles. The molecule has 0 bridgehead atoms. The first kappa shape index (κ1) is 16.4. The van der Waals surface area contributed by atoms with Gasteiger partial charge in [-0.3, -0.25) is 4.79 Å². The van der Waals surface area contributed by atoms with Gasteiger partial charge >= 0.3 is 0 Å². The first-order valence-electron chi connectivity index (χ1n) is 6.99. The van der Waals surface area contributed by atoms with E-state index in [4.69, 9.17) is 17.0 Å². The summed E-state index contributed by atoms with van der Waals surface area (Å²) in [4.78, 5) is 11.6. The van der Waals surface area contributed by atoms with E-state index in [9.17, 15) is 4.79 Å². The summed E-state index contributed by atoms with van der Waals surface area (Å²) in [7, 11) is 0. The molecule has 0 spiro atoms. The van der Waals surface area contributed by atoms with Gasteiger partial charge in [0.15, 0.2) is 5.11 Å². The summed E-state index contributed by atoms with van der Waals surface area (Å²) in [5.41, 5.74) is 0.801. The monoisotopic (exact) mass is 294 g/mol. The molecule has 110 valence electrons. The van der Waals surface area contributed by atoms with Gasteiger partial charge in [-0.15, -0.1) is 0 Å². The van der Waals surface area contributed by atoms with Crippen LogP contribution in [0.4, 0.5) is 5.69 Å². The molecule has 5 heteroatoms. The Morgan fingerprint density at radius 2 is 2.10 bits per heavy atom. The summed E-state index contributed by atoms with van der Waals surface area (Å²) in [5, 5.41) is 5.98. The number of nitrogens with one attached hydrogen (secondary N) is 2. The molecule has 0 atom stereocenters. The molecule has 2 N–H and O–H groups in total. The second-order valence-corrected chi connectivity index (χ2v) is 4.83. The van der Waals surface area contributed by atoms with Crippen molar-refractivity contribution in [3.05, 3.63) is 24.3 Å². The number of unbranched alkanes of at least 4 members (excludes halogenated alkanes) is 2. The number of anilines is 1. The van der Waals surface area contributed by atoms with Crippen molar-refractivity contribution in [2.75, 3.05) is 11.9 Å². The fourth-order valence-corrected chi connectivity index (χ4v) is 1.95. The molecule has 20 heavy (non-hydrogen) atoms. The largest absolute Gasteiger partial charge is 0.494 e. The topological polar surface area (TPSA) is 50.4 Å². The van der Waals surface area contributed by atoms with Crippen LogP contribution in [0, 0.1) is 0 Å². The van der Waals surface area contributed by atoms with Gasteiger partial charge in [0.25, 0.3) is 0 Å². The fraction of sp³-hybridized carbons (Fsp3) is 0.467. The maximum Gasteiger partial charge on any atom is 0.226 e. The van der Waals surface area contributed by atoms with Crippen LogP contribution < -0.4 is 15.4 Å². The van der Waals surface area contributed by atoms with Crippen molar-refractivity contribution in [1.82, 2.24) is 5.32 Å². The first-order chi connectivity index (χ1) is 9.65. The highest BCUT2D eigenvalue weighted by atomic mass is 32.1. The van der Waals surface area contributed by atoms with Crippen molar-refractivity contribution >= 4 is 28.9 Å². The molecule has 0 saturated carbocycles. The standard InChI is InChI=1S/C15H22N2O2S/c1-3-5-6-10-14(18)17-15(20)16-12-8-7-9-13(11-12)19-4-2/h7-9,11H,3-6,10H2,1-2H3,(H2,16,17,18,20). The Labute approximate surface area is 125 Å². The molecule has 0 fully saturated rings. The average molecular weight is 294 g/mol. The lowest BCUT2D eigenvalue weighted by Gasteiger charge is -2.10. The SMILES string of the molecule is CCCCCC(=O)NC(=S)Nc1cccc(OCC)c1. The molecule has 0 unspecified atom stereocenters. The molecule has 1 rings (SSSR count). The Hall–Kier alpha value is -1.62. The number of rotatable bonds is 7. The van der Waals surface area contributed by atoms with Crippen LogP contribution in [-0.4, -0.2) is 17.6 Å². The number of thiocarbonyl (C=S) groups is 1. The van der Waals surface area contributed by atoms with Crippen LogP contribution in [0.1, 0.15) is 39.5 Å². The molecule has 0 radical (unpaired) electrons. The van der Waals surface area contributed by atoms with Crippen molar-refractivity contribution in [3.8, 4) is 5.75 Å². The number of hydrogen-bond acceptors (Lipinski definition) is 3. The van der Waals surface area contributed by atoms with Gasteiger partial charge in [0, 0.05) is 18.2 Å². The Kier molecular flexibility index (Phi) is 7.65. The van der Waals surface area contributed by atoms with Gasteiger partial charge in [-0.25, -0.2) is 0 Å². The Bertz CT molecular complexity index is 449. The molecule has 0 aliphatic carbocycles. The summed E-state index contributed by atoms with van der Waals surface area (Å²) in [6.45, 7) is 4.65. The van der Waals surface area contributed by atoms with Crippen molar-refractivity contribution in [2.45, 2.75) is 39.5 Å². The lowest BCUT2D eigenvalue weighted by Crippen LogP contribution is -2.33. The molecular weight excluding hydrogens is 272 g/mol. The highest BCUT2D eigenvalue weighted by Gasteiger charge is 2.05. The lowest BCUT2D eigenvalue weighted by atomic mass is 10.2. The van der Waals surface area contributed by atoms with Crippen LogP contribution in [0.15, 0.2) is 24.3 Å². The van der Waals surface area contributed by atoms with Gasteiger partial charge in [0.1, 0.15) is 5.75 Å². The second-order valence-electron chi connectivity index (χ2n) is 4.42. The maximum atomic E-state index is 11.6. The van der Waals surface area contributed by atoms with E-state index >= 15 is 0 Å². The quantitative estimate of drug-likeness (QED) is 0.597. The van der Waals surface area contributed by atoms with E-state index in [1.807, 2.05) is 31.2 Å². The van der Waals surface area contributed by atoms with E-state index in [2.05, 4.69) is 17.6 Å². The molecule has 4 nitrogen and oxygen atoms in total. The minimum Gasteiger partial charge on any atom is -0.494 e. The molecule has 1 amide bonds. The number of carbonyl (C=O) groups is 1.